The fourth-order valence-electron chi connectivity index (χ4n) is 4.83. The first kappa shape index (κ1) is 22.5. The monoisotopic (exact) mass is 443 g/mol. The average Bonchev–Trinajstić information content (AvgIpc) is 2.79. The van der Waals surface area contributed by atoms with Crippen LogP contribution in [0.3, 0.4) is 0 Å². The molecule has 1 aromatic carbocycles. The number of nitrogens with zero attached hydrogens (tertiary/aromatic N) is 2. The van der Waals surface area contributed by atoms with Crippen LogP contribution in [-0.2, 0) is 9.53 Å². The number of hydrogen-bond acceptors (Lipinski definition) is 5. The highest BCUT2D eigenvalue weighted by Crippen LogP contribution is 2.29. The zero-order chi connectivity index (χ0) is 22.7. The van der Waals surface area contributed by atoms with E-state index in [0.29, 0.717) is 32.0 Å². The van der Waals surface area contributed by atoms with Crippen molar-refractivity contribution in [2.45, 2.75) is 63.8 Å². The third-order valence-electron chi connectivity index (χ3n) is 6.77. The number of nitrogens with one attached hydrogen (secondary N) is 3. The van der Waals surface area contributed by atoms with Crippen molar-refractivity contribution in [3.8, 4) is 0 Å². The summed E-state index contributed by atoms with van der Waals surface area (Å²) in [6, 6.07) is 7.46. The first-order valence-corrected chi connectivity index (χ1v) is 11.5. The van der Waals surface area contributed by atoms with Crippen LogP contribution < -0.4 is 16.0 Å². The molecule has 0 radical (unpaired) electrons. The molecular formula is C23H33N5O4. The number of carbonyl (C=O) groups is 3. The maximum absolute atomic E-state index is 12.6. The van der Waals surface area contributed by atoms with E-state index < -0.39 is 6.29 Å². The number of hydrogen-bond donors (Lipinski definition) is 3. The lowest BCUT2D eigenvalue weighted by atomic mass is 9.88. The number of amides is 5. The standard InChI is InChI=1S/C23H33N5O4/c1-15(18-4-3-5-19(14-18)17-6-10-27(11-7-17)16(2)29)24-21-25-22(30)28(23(31)26-21)20-8-12-32-13-9-20/h3-5,14-15,17,20-21,24H,6-13H2,1-2H3,(H,25,30)(H,26,31)/t15-/m0/s1. The van der Waals surface area contributed by atoms with Gasteiger partial charge in [-0.3, -0.25) is 10.1 Å². The van der Waals surface area contributed by atoms with Gasteiger partial charge in [0.25, 0.3) is 0 Å². The molecule has 1 atom stereocenters. The van der Waals surface area contributed by atoms with E-state index in [1.54, 1.807) is 6.92 Å². The van der Waals surface area contributed by atoms with Crippen LogP contribution in [0.15, 0.2) is 24.3 Å². The number of rotatable bonds is 5. The second kappa shape index (κ2) is 9.87. The third-order valence-corrected chi connectivity index (χ3v) is 6.77. The van der Waals surface area contributed by atoms with Gasteiger partial charge in [0.1, 0.15) is 0 Å². The van der Waals surface area contributed by atoms with Crippen LogP contribution in [0.5, 0.6) is 0 Å². The van der Waals surface area contributed by atoms with Gasteiger partial charge in [0.05, 0.1) is 0 Å². The Kier molecular flexibility index (Phi) is 6.95. The van der Waals surface area contributed by atoms with Crippen LogP contribution in [0.2, 0.25) is 0 Å². The van der Waals surface area contributed by atoms with Crippen LogP contribution >= 0.6 is 0 Å². The van der Waals surface area contributed by atoms with Crippen molar-refractivity contribution in [2.24, 2.45) is 0 Å². The number of imide groups is 1. The van der Waals surface area contributed by atoms with E-state index in [1.165, 1.54) is 10.5 Å². The van der Waals surface area contributed by atoms with Gasteiger partial charge in [-0.1, -0.05) is 24.3 Å². The summed E-state index contributed by atoms with van der Waals surface area (Å²) in [5.74, 6) is 0.571. The number of likely N-dealkylation sites (tertiary alicyclic amines) is 1. The van der Waals surface area contributed by atoms with Crippen LogP contribution in [0.4, 0.5) is 9.59 Å². The molecule has 3 heterocycles. The third kappa shape index (κ3) is 5.05. The van der Waals surface area contributed by atoms with Gasteiger partial charge in [0.2, 0.25) is 5.91 Å². The Morgan fingerprint density at radius 3 is 2.38 bits per heavy atom. The molecule has 0 aliphatic carbocycles. The number of piperidine rings is 1. The van der Waals surface area contributed by atoms with E-state index in [0.717, 1.165) is 31.5 Å². The van der Waals surface area contributed by atoms with Gasteiger partial charge in [-0.2, -0.15) is 0 Å². The number of carbonyl (C=O) groups excluding carboxylic acids is 3. The van der Waals surface area contributed by atoms with Crippen molar-refractivity contribution in [1.29, 1.82) is 0 Å². The fraction of sp³-hybridized carbons (Fsp3) is 0.609. The van der Waals surface area contributed by atoms with E-state index in [9.17, 15) is 14.4 Å². The fourth-order valence-corrected chi connectivity index (χ4v) is 4.83. The molecule has 9 nitrogen and oxygen atoms in total. The van der Waals surface area contributed by atoms with Crippen molar-refractivity contribution >= 4 is 18.0 Å². The molecular weight excluding hydrogens is 410 g/mol. The van der Waals surface area contributed by atoms with Gasteiger partial charge in [-0.15, -0.1) is 0 Å². The zero-order valence-corrected chi connectivity index (χ0v) is 18.8. The summed E-state index contributed by atoms with van der Waals surface area (Å²) in [7, 11) is 0. The Labute approximate surface area is 188 Å². The van der Waals surface area contributed by atoms with Gasteiger partial charge >= 0.3 is 12.1 Å². The largest absolute Gasteiger partial charge is 0.381 e. The Bertz CT molecular complexity index is 831. The molecule has 9 heteroatoms. The van der Waals surface area contributed by atoms with Crippen LogP contribution in [0, 0.1) is 0 Å². The minimum absolute atomic E-state index is 0.0764. The van der Waals surface area contributed by atoms with E-state index in [2.05, 4.69) is 28.1 Å². The maximum atomic E-state index is 12.6. The minimum atomic E-state index is -0.636. The van der Waals surface area contributed by atoms with E-state index in [1.807, 2.05) is 24.0 Å². The number of urea groups is 2. The zero-order valence-electron chi connectivity index (χ0n) is 18.8. The molecule has 3 N–H and O–H groups in total. The van der Waals surface area contributed by atoms with Crippen LogP contribution in [-0.4, -0.2) is 66.4 Å². The highest BCUT2D eigenvalue weighted by atomic mass is 16.5. The normalized spacial score (nSPS) is 22.4. The summed E-state index contributed by atoms with van der Waals surface area (Å²) in [5.41, 5.74) is 2.36. The van der Waals surface area contributed by atoms with E-state index in [4.69, 9.17) is 4.74 Å². The molecule has 0 spiro atoms. The van der Waals surface area contributed by atoms with E-state index >= 15 is 0 Å². The summed E-state index contributed by atoms with van der Waals surface area (Å²) >= 11 is 0. The Morgan fingerprint density at radius 2 is 1.75 bits per heavy atom. The summed E-state index contributed by atoms with van der Waals surface area (Å²) in [5, 5.41) is 9.01. The van der Waals surface area contributed by atoms with Gasteiger partial charge < -0.3 is 20.3 Å². The molecule has 174 valence electrons. The summed E-state index contributed by atoms with van der Waals surface area (Å²) in [6.45, 7) is 6.35. The van der Waals surface area contributed by atoms with Gasteiger partial charge in [0.15, 0.2) is 6.29 Å². The Balaban J connectivity index is 1.35. The molecule has 5 amide bonds. The average molecular weight is 444 g/mol. The molecule has 0 bridgehead atoms. The molecule has 3 aliphatic heterocycles. The molecule has 0 saturated carbocycles. The van der Waals surface area contributed by atoms with Crippen molar-refractivity contribution in [3.05, 3.63) is 35.4 Å². The molecule has 0 aromatic heterocycles. The smallest absolute Gasteiger partial charge is 0.328 e. The second-order valence-electron chi connectivity index (χ2n) is 8.88. The summed E-state index contributed by atoms with van der Waals surface area (Å²) in [6.07, 6.45) is 2.60. The topological polar surface area (TPSA) is 103 Å². The van der Waals surface area contributed by atoms with Crippen LogP contribution in [0.25, 0.3) is 0 Å². The molecule has 1 aromatic rings. The van der Waals surface area contributed by atoms with Crippen molar-refractivity contribution in [3.63, 3.8) is 0 Å². The lowest BCUT2D eigenvalue weighted by molar-refractivity contribution is -0.129. The van der Waals surface area contributed by atoms with Gasteiger partial charge in [-0.25, -0.2) is 14.5 Å². The highest BCUT2D eigenvalue weighted by molar-refractivity contribution is 5.96. The van der Waals surface area contributed by atoms with Crippen molar-refractivity contribution < 1.29 is 19.1 Å². The quantitative estimate of drug-likeness (QED) is 0.648. The SMILES string of the molecule is CC(=O)N1CCC(c2cccc([C@H](C)NC3NC(=O)N(C4CCOCC4)C(=O)N3)c2)CC1. The van der Waals surface area contributed by atoms with Crippen LogP contribution in [0.1, 0.15) is 62.6 Å². The predicted octanol–water partition coefficient (Wildman–Crippen LogP) is 2.26. The summed E-state index contributed by atoms with van der Waals surface area (Å²) < 4.78 is 5.33. The maximum Gasteiger partial charge on any atom is 0.328 e. The van der Waals surface area contributed by atoms with E-state index in [-0.39, 0.29) is 30.1 Å². The lowest BCUT2D eigenvalue weighted by Gasteiger charge is -2.39. The predicted molar refractivity (Wildman–Crippen MR) is 119 cm³/mol. The lowest BCUT2D eigenvalue weighted by Crippen LogP contribution is -2.70. The Hall–Kier alpha value is -2.65. The van der Waals surface area contributed by atoms with Gasteiger partial charge in [0, 0.05) is 45.3 Å². The molecule has 3 fully saturated rings. The van der Waals surface area contributed by atoms with Gasteiger partial charge in [-0.05, 0) is 49.7 Å². The first-order valence-electron chi connectivity index (χ1n) is 11.5. The molecule has 3 saturated heterocycles. The van der Waals surface area contributed by atoms with Crippen molar-refractivity contribution in [2.75, 3.05) is 26.3 Å². The molecule has 0 unspecified atom stereocenters. The minimum Gasteiger partial charge on any atom is -0.381 e. The number of ether oxygens (including phenoxy) is 1. The molecule has 4 rings (SSSR count). The first-order chi connectivity index (χ1) is 15.4. The molecule has 32 heavy (non-hydrogen) atoms. The van der Waals surface area contributed by atoms with Crippen molar-refractivity contribution in [1.82, 2.24) is 25.8 Å². The Morgan fingerprint density at radius 1 is 1.09 bits per heavy atom. The number of benzene rings is 1. The summed E-state index contributed by atoms with van der Waals surface area (Å²) in [4.78, 5) is 40.0. The second-order valence-corrected chi connectivity index (χ2v) is 8.88. The highest BCUT2D eigenvalue weighted by Gasteiger charge is 2.37. The molecule has 3 aliphatic rings.